The molecule has 1 aromatic heterocycles. The number of carbonyl (C=O) groups excluding carboxylic acids is 3. The number of nitrogens with zero attached hydrogens (tertiary/aromatic N) is 2. The van der Waals surface area contributed by atoms with E-state index in [1.165, 1.54) is 13.2 Å². The van der Waals surface area contributed by atoms with E-state index in [9.17, 15) is 14.4 Å². The molecule has 0 aliphatic carbocycles. The van der Waals surface area contributed by atoms with Gasteiger partial charge in [-0.2, -0.15) is 0 Å². The highest BCUT2D eigenvalue weighted by Crippen LogP contribution is 2.31. The van der Waals surface area contributed by atoms with Crippen LogP contribution in [0.4, 0.5) is 10.5 Å². The molecule has 140 valence electrons. The van der Waals surface area contributed by atoms with Gasteiger partial charge in [-0.1, -0.05) is 30.3 Å². The number of imide groups is 2. The lowest BCUT2D eigenvalue weighted by Crippen LogP contribution is -2.54. The number of hydrogen-bond acceptors (Lipinski definition) is 4. The van der Waals surface area contributed by atoms with Crippen LogP contribution in [0.5, 0.6) is 5.75 Å². The molecule has 4 amide bonds. The van der Waals surface area contributed by atoms with Crippen LogP contribution in [0.15, 0.2) is 60.2 Å². The second kappa shape index (κ2) is 6.70. The fourth-order valence-corrected chi connectivity index (χ4v) is 3.29. The Morgan fingerprint density at radius 2 is 1.71 bits per heavy atom. The molecule has 0 saturated carbocycles. The molecule has 1 N–H and O–H groups in total. The number of anilines is 1. The van der Waals surface area contributed by atoms with Crippen molar-refractivity contribution in [1.82, 2.24) is 9.88 Å². The van der Waals surface area contributed by atoms with Gasteiger partial charge in [-0.15, -0.1) is 0 Å². The van der Waals surface area contributed by atoms with Crippen molar-refractivity contribution in [2.24, 2.45) is 7.05 Å². The van der Waals surface area contributed by atoms with Gasteiger partial charge in [-0.3, -0.25) is 14.9 Å². The quantitative estimate of drug-likeness (QED) is 0.564. The number of benzene rings is 2. The molecule has 1 aliphatic heterocycles. The molecule has 1 fully saturated rings. The van der Waals surface area contributed by atoms with Crippen LogP contribution < -0.4 is 15.0 Å². The van der Waals surface area contributed by atoms with Crippen molar-refractivity contribution < 1.29 is 19.1 Å². The summed E-state index contributed by atoms with van der Waals surface area (Å²) in [6.07, 6.45) is 1.49. The van der Waals surface area contributed by atoms with Crippen LogP contribution in [-0.4, -0.2) is 29.5 Å². The molecule has 4 rings (SSSR count). The van der Waals surface area contributed by atoms with Gasteiger partial charge < -0.3 is 9.30 Å². The monoisotopic (exact) mass is 375 g/mol. The van der Waals surface area contributed by atoms with E-state index in [-0.39, 0.29) is 11.3 Å². The predicted octanol–water partition coefficient (Wildman–Crippen LogP) is 2.85. The number of ether oxygens (including phenoxy) is 1. The molecular weight excluding hydrogens is 358 g/mol. The van der Waals surface area contributed by atoms with Crippen LogP contribution in [0.2, 0.25) is 0 Å². The number of barbiturate groups is 1. The molecule has 0 spiro atoms. The lowest BCUT2D eigenvalue weighted by molar-refractivity contribution is -0.122. The van der Waals surface area contributed by atoms with E-state index in [0.717, 1.165) is 15.8 Å². The van der Waals surface area contributed by atoms with Gasteiger partial charge in [0.25, 0.3) is 11.8 Å². The second-order valence-electron chi connectivity index (χ2n) is 6.32. The zero-order chi connectivity index (χ0) is 19.8. The minimum Gasteiger partial charge on any atom is -0.495 e. The van der Waals surface area contributed by atoms with Gasteiger partial charge in [0.15, 0.2) is 0 Å². The highest BCUT2D eigenvalue weighted by molar-refractivity contribution is 6.39. The Kier molecular flexibility index (Phi) is 4.19. The molecule has 0 bridgehead atoms. The van der Waals surface area contributed by atoms with Crippen LogP contribution in [-0.2, 0) is 16.6 Å². The first kappa shape index (κ1) is 17.5. The van der Waals surface area contributed by atoms with E-state index in [1.54, 1.807) is 24.3 Å². The average molecular weight is 375 g/mol. The largest absolute Gasteiger partial charge is 0.495 e. The SMILES string of the molecule is COc1ccccc1N1C(=O)NC(=O)C(=Cc2cc3ccccc3n2C)C1=O. The van der Waals surface area contributed by atoms with Gasteiger partial charge in [-0.25, -0.2) is 9.69 Å². The fraction of sp³-hybridized carbons (Fsp3) is 0.0952. The third-order valence-corrected chi connectivity index (χ3v) is 4.71. The highest BCUT2D eigenvalue weighted by atomic mass is 16.5. The third-order valence-electron chi connectivity index (χ3n) is 4.71. The van der Waals surface area contributed by atoms with E-state index in [0.29, 0.717) is 11.4 Å². The number of amides is 4. The van der Waals surface area contributed by atoms with E-state index in [4.69, 9.17) is 4.74 Å². The van der Waals surface area contributed by atoms with Crippen molar-refractivity contribution in [3.63, 3.8) is 0 Å². The summed E-state index contributed by atoms with van der Waals surface area (Å²) in [5.41, 5.74) is 1.78. The number of carbonyl (C=O) groups is 3. The molecule has 7 heteroatoms. The minimum atomic E-state index is -0.811. The number of para-hydroxylation sites is 3. The lowest BCUT2D eigenvalue weighted by atomic mass is 10.1. The van der Waals surface area contributed by atoms with Gasteiger partial charge in [0, 0.05) is 23.6 Å². The summed E-state index contributed by atoms with van der Waals surface area (Å²) in [6, 6.07) is 15.4. The average Bonchev–Trinajstić information content (AvgIpc) is 3.01. The molecule has 1 saturated heterocycles. The molecule has 2 aromatic carbocycles. The molecular formula is C21H17N3O4. The zero-order valence-electron chi connectivity index (χ0n) is 15.3. The normalized spacial score (nSPS) is 16.0. The van der Waals surface area contributed by atoms with Gasteiger partial charge >= 0.3 is 6.03 Å². The maximum Gasteiger partial charge on any atom is 0.336 e. The number of nitrogens with one attached hydrogen (secondary N) is 1. The highest BCUT2D eigenvalue weighted by Gasteiger charge is 2.38. The molecule has 2 heterocycles. The second-order valence-corrected chi connectivity index (χ2v) is 6.32. The number of hydrogen-bond donors (Lipinski definition) is 1. The number of aryl methyl sites for hydroxylation is 1. The molecule has 7 nitrogen and oxygen atoms in total. The first-order valence-corrected chi connectivity index (χ1v) is 8.60. The minimum absolute atomic E-state index is 0.128. The van der Waals surface area contributed by atoms with Gasteiger partial charge in [0.05, 0.1) is 12.8 Å². The standard InChI is InChI=1S/C21H17N3O4/c1-23-14(11-13-7-3-4-8-16(13)23)12-15-19(25)22-21(27)24(20(15)26)17-9-5-6-10-18(17)28-2/h3-12H,1-2H3,(H,22,25,27). The summed E-state index contributed by atoms with van der Waals surface area (Å²) in [4.78, 5) is 38.7. The van der Waals surface area contributed by atoms with Crippen LogP contribution in [0, 0.1) is 0 Å². The summed E-state index contributed by atoms with van der Waals surface area (Å²) in [6.45, 7) is 0. The number of fused-ring (bicyclic) bond motifs is 1. The van der Waals surface area contributed by atoms with Gasteiger partial charge in [0.2, 0.25) is 0 Å². The molecule has 0 radical (unpaired) electrons. The topological polar surface area (TPSA) is 80.6 Å². The smallest absolute Gasteiger partial charge is 0.336 e. The molecule has 1 aliphatic rings. The van der Waals surface area contributed by atoms with E-state index >= 15 is 0 Å². The molecule has 0 unspecified atom stereocenters. The maximum absolute atomic E-state index is 13.1. The van der Waals surface area contributed by atoms with Crippen LogP contribution in [0.25, 0.3) is 17.0 Å². The zero-order valence-corrected chi connectivity index (χ0v) is 15.3. The molecule has 3 aromatic rings. The van der Waals surface area contributed by atoms with Crippen molar-refractivity contribution in [3.05, 3.63) is 65.9 Å². The van der Waals surface area contributed by atoms with E-state index in [2.05, 4.69) is 5.32 Å². The third kappa shape index (κ3) is 2.73. The number of aromatic nitrogens is 1. The van der Waals surface area contributed by atoms with Crippen molar-refractivity contribution in [2.75, 3.05) is 12.0 Å². The summed E-state index contributed by atoms with van der Waals surface area (Å²) < 4.78 is 7.13. The first-order valence-electron chi connectivity index (χ1n) is 8.60. The fourth-order valence-electron chi connectivity index (χ4n) is 3.29. The Morgan fingerprint density at radius 1 is 1.00 bits per heavy atom. The Balaban J connectivity index is 1.81. The van der Waals surface area contributed by atoms with Crippen LogP contribution in [0.3, 0.4) is 0 Å². The lowest BCUT2D eigenvalue weighted by Gasteiger charge is -2.27. The Hall–Kier alpha value is -3.87. The summed E-state index contributed by atoms with van der Waals surface area (Å²) >= 11 is 0. The van der Waals surface area contributed by atoms with Crippen molar-refractivity contribution >= 4 is 40.5 Å². The van der Waals surface area contributed by atoms with Gasteiger partial charge in [-0.05, 0) is 30.3 Å². The van der Waals surface area contributed by atoms with E-state index < -0.39 is 17.8 Å². The molecule has 0 atom stereocenters. The maximum atomic E-state index is 13.1. The first-order chi connectivity index (χ1) is 13.5. The van der Waals surface area contributed by atoms with Crippen LogP contribution >= 0.6 is 0 Å². The Morgan fingerprint density at radius 3 is 2.46 bits per heavy atom. The number of methoxy groups -OCH3 is 1. The number of rotatable bonds is 3. The van der Waals surface area contributed by atoms with Crippen molar-refractivity contribution in [1.29, 1.82) is 0 Å². The predicted molar refractivity (Wildman–Crippen MR) is 105 cm³/mol. The Labute approximate surface area is 160 Å². The van der Waals surface area contributed by atoms with Crippen molar-refractivity contribution in [2.45, 2.75) is 0 Å². The van der Waals surface area contributed by atoms with Crippen LogP contribution in [0.1, 0.15) is 5.69 Å². The molecule has 28 heavy (non-hydrogen) atoms. The van der Waals surface area contributed by atoms with E-state index in [1.807, 2.05) is 41.9 Å². The summed E-state index contributed by atoms with van der Waals surface area (Å²) in [5.74, 6) is -1.08. The Bertz CT molecular complexity index is 1160. The summed E-state index contributed by atoms with van der Waals surface area (Å²) in [5, 5.41) is 3.21. The van der Waals surface area contributed by atoms with Gasteiger partial charge in [0.1, 0.15) is 11.3 Å². The van der Waals surface area contributed by atoms with Crippen molar-refractivity contribution in [3.8, 4) is 5.75 Å². The summed E-state index contributed by atoms with van der Waals surface area (Å²) in [7, 11) is 3.30. The number of urea groups is 1.